The van der Waals surface area contributed by atoms with Gasteiger partial charge in [-0.1, -0.05) is 18.2 Å². The smallest absolute Gasteiger partial charge is 0.306 e. The molecule has 28 heavy (non-hydrogen) atoms. The van der Waals surface area contributed by atoms with E-state index in [4.69, 9.17) is 9.47 Å². The molecule has 0 saturated carbocycles. The Morgan fingerprint density at radius 1 is 0.857 bits per heavy atom. The van der Waals surface area contributed by atoms with Crippen LogP contribution in [0.15, 0.2) is 42.5 Å². The molecule has 0 aliphatic rings. The molecule has 0 heterocycles. The van der Waals surface area contributed by atoms with Gasteiger partial charge in [0.25, 0.3) is 5.91 Å². The van der Waals surface area contributed by atoms with Crippen LogP contribution in [0.1, 0.15) is 24.0 Å². The molecule has 7 nitrogen and oxygen atoms in total. The number of carbonyl (C=O) groups excluding carboxylic acids is 3. The van der Waals surface area contributed by atoms with Crippen LogP contribution in [0.4, 0.5) is 11.4 Å². The fraction of sp³-hybridized carbons (Fsp3) is 0.286. The molecule has 0 aliphatic heterocycles. The molecule has 2 aromatic carbocycles. The van der Waals surface area contributed by atoms with Gasteiger partial charge in [-0.2, -0.15) is 0 Å². The highest BCUT2D eigenvalue weighted by molar-refractivity contribution is 5.95. The number of carbonyl (C=O) groups is 3. The van der Waals surface area contributed by atoms with E-state index in [1.54, 1.807) is 31.4 Å². The van der Waals surface area contributed by atoms with E-state index < -0.39 is 18.5 Å². The summed E-state index contributed by atoms with van der Waals surface area (Å²) in [5.74, 6) is -0.669. The Morgan fingerprint density at radius 2 is 1.50 bits per heavy atom. The lowest BCUT2D eigenvalue weighted by atomic mass is 10.1. The van der Waals surface area contributed by atoms with Gasteiger partial charge in [-0.15, -0.1) is 0 Å². The number of hydrogen-bond acceptors (Lipinski definition) is 5. The molecule has 7 heteroatoms. The van der Waals surface area contributed by atoms with Gasteiger partial charge in [0, 0.05) is 17.8 Å². The Kier molecular flexibility index (Phi) is 7.56. The Balaban J connectivity index is 1.71. The predicted octanol–water partition coefficient (Wildman–Crippen LogP) is 3.21. The second-order valence-corrected chi connectivity index (χ2v) is 6.25. The number of benzene rings is 2. The van der Waals surface area contributed by atoms with Crippen LogP contribution in [0.5, 0.6) is 5.75 Å². The third-order valence-corrected chi connectivity index (χ3v) is 4.04. The highest BCUT2D eigenvalue weighted by Crippen LogP contribution is 2.19. The van der Waals surface area contributed by atoms with Crippen molar-refractivity contribution in [1.29, 1.82) is 0 Å². The summed E-state index contributed by atoms with van der Waals surface area (Å²) in [6.45, 7) is 3.37. The molecule has 2 amide bonds. The van der Waals surface area contributed by atoms with Crippen LogP contribution >= 0.6 is 0 Å². The number of aryl methyl sites for hydroxylation is 2. The molecule has 0 unspecified atom stereocenters. The van der Waals surface area contributed by atoms with Gasteiger partial charge in [0.2, 0.25) is 5.91 Å². The number of nitrogens with one attached hydrogen (secondary N) is 2. The van der Waals surface area contributed by atoms with Gasteiger partial charge in [-0.25, -0.2) is 0 Å². The first-order chi connectivity index (χ1) is 13.4. The van der Waals surface area contributed by atoms with Crippen molar-refractivity contribution >= 4 is 29.2 Å². The van der Waals surface area contributed by atoms with Crippen molar-refractivity contribution in [2.24, 2.45) is 0 Å². The Morgan fingerprint density at radius 3 is 2.11 bits per heavy atom. The van der Waals surface area contributed by atoms with E-state index in [-0.39, 0.29) is 18.7 Å². The maximum absolute atomic E-state index is 12.0. The van der Waals surface area contributed by atoms with Gasteiger partial charge in [-0.05, 0) is 49.2 Å². The molecule has 148 valence electrons. The van der Waals surface area contributed by atoms with Crippen molar-refractivity contribution in [2.75, 3.05) is 24.4 Å². The SMILES string of the molecule is COc1ccc(NC(=O)CCC(=O)OCC(=O)Nc2c(C)cccc2C)cc1. The lowest BCUT2D eigenvalue weighted by molar-refractivity contribution is -0.147. The van der Waals surface area contributed by atoms with Gasteiger partial charge in [0.1, 0.15) is 5.75 Å². The minimum absolute atomic E-state index is 0.0383. The van der Waals surface area contributed by atoms with E-state index in [2.05, 4.69) is 10.6 Å². The summed E-state index contributed by atoms with van der Waals surface area (Å²) in [5, 5.41) is 5.41. The molecule has 0 radical (unpaired) electrons. The van der Waals surface area contributed by atoms with E-state index in [1.165, 1.54) is 0 Å². The topological polar surface area (TPSA) is 93.7 Å². The first-order valence-electron chi connectivity index (χ1n) is 8.84. The first-order valence-corrected chi connectivity index (χ1v) is 8.84. The monoisotopic (exact) mass is 384 g/mol. The summed E-state index contributed by atoms with van der Waals surface area (Å²) in [6.07, 6.45) is -0.151. The number of methoxy groups -OCH3 is 1. The number of esters is 1. The zero-order valence-electron chi connectivity index (χ0n) is 16.2. The molecule has 0 atom stereocenters. The highest BCUT2D eigenvalue weighted by atomic mass is 16.5. The number of hydrogen-bond donors (Lipinski definition) is 2. The Hall–Kier alpha value is -3.35. The molecule has 2 aromatic rings. The van der Waals surface area contributed by atoms with E-state index in [0.717, 1.165) is 11.1 Å². The molecule has 0 spiro atoms. The van der Waals surface area contributed by atoms with E-state index in [1.807, 2.05) is 32.0 Å². The second-order valence-electron chi connectivity index (χ2n) is 6.25. The van der Waals surface area contributed by atoms with E-state index in [9.17, 15) is 14.4 Å². The summed E-state index contributed by atoms with van der Waals surface area (Å²) >= 11 is 0. The number of rotatable bonds is 8. The Bertz CT molecular complexity index is 826. The summed E-state index contributed by atoms with van der Waals surface area (Å²) in [7, 11) is 1.56. The minimum Gasteiger partial charge on any atom is -0.497 e. The van der Waals surface area contributed by atoms with Gasteiger partial charge in [0.05, 0.1) is 13.5 Å². The second kappa shape index (κ2) is 10.1. The zero-order chi connectivity index (χ0) is 20.5. The lowest BCUT2D eigenvalue weighted by Gasteiger charge is -2.11. The van der Waals surface area contributed by atoms with Crippen LogP contribution in [0.25, 0.3) is 0 Å². The molecular formula is C21H24N2O5. The van der Waals surface area contributed by atoms with Gasteiger partial charge in [0.15, 0.2) is 6.61 Å². The van der Waals surface area contributed by atoms with Gasteiger partial charge >= 0.3 is 5.97 Å². The fourth-order valence-corrected chi connectivity index (χ4v) is 2.52. The third-order valence-electron chi connectivity index (χ3n) is 4.04. The predicted molar refractivity (Wildman–Crippen MR) is 106 cm³/mol. The minimum atomic E-state index is -0.610. The summed E-state index contributed by atoms with van der Waals surface area (Å²) in [6, 6.07) is 12.5. The van der Waals surface area contributed by atoms with E-state index in [0.29, 0.717) is 17.1 Å². The molecule has 0 aliphatic carbocycles. The molecule has 0 saturated heterocycles. The van der Waals surface area contributed by atoms with Crippen molar-refractivity contribution in [1.82, 2.24) is 0 Å². The average Bonchev–Trinajstić information content (AvgIpc) is 2.68. The molecule has 0 aromatic heterocycles. The van der Waals surface area contributed by atoms with Crippen LogP contribution < -0.4 is 15.4 Å². The molecule has 0 bridgehead atoms. The highest BCUT2D eigenvalue weighted by Gasteiger charge is 2.12. The van der Waals surface area contributed by atoms with Crippen molar-refractivity contribution in [3.63, 3.8) is 0 Å². The van der Waals surface area contributed by atoms with Crippen LogP contribution in [-0.2, 0) is 19.1 Å². The normalized spacial score (nSPS) is 10.1. The van der Waals surface area contributed by atoms with Crippen LogP contribution in [0.2, 0.25) is 0 Å². The number of amides is 2. The number of ether oxygens (including phenoxy) is 2. The first kappa shape index (κ1) is 21.0. The van der Waals surface area contributed by atoms with Crippen molar-refractivity contribution in [3.05, 3.63) is 53.6 Å². The standard InChI is InChI=1S/C21H24N2O5/c1-14-5-4-6-15(2)21(14)23-19(25)13-28-20(26)12-11-18(24)22-16-7-9-17(27-3)10-8-16/h4-10H,11-13H2,1-3H3,(H,22,24)(H,23,25). The van der Waals surface area contributed by atoms with Crippen LogP contribution in [-0.4, -0.2) is 31.5 Å². The van der Waals surface area contributed by atoms with E-state index >= 15 is 0 Å². The summed E-state index contributed by atoms with van der Waals surface area (Å²) < 4.78 is 9.98. The zero-order valence-corrected chi connectivity index (χ0v) is 16.2. The van der Waals surface area contributed by atoms with Crippen molar-refractivity contribution < 1.29 is 23.9 Å². The van der Waals surface area contributed by atoms with Crippen molar-refractivity contribution in [3.8, 4) is 5.75 Å². The lowest BCUT2D eigenvalue weighted by Crippen LogP contribution is -2.22. The molecular weight excluding hydrogens is 360 g/mol. The van der Waals surface area contributed by atoms with Crippen molar-refractivity contribution in [2.45, 2.75) is 26.7 Å². The van der Waals surface area contributed by atoms with Gasteiger partial charge < -0.3 is 20.1 Å². The maximum Gasteiger partial charge on any atom is 0.306 e. The quantitative estimate of drug-likeness (QED) is 0.682. The molecule has 2 N–H and O–H groups in total. The molecule has 2 rings (SSSR count). The number of para-hydroxylation sites is 1. The fourth-order valence-electron chi connectivity index (χ4n) is 2.52. The average molecular weight is 384 g/mol. The maximum atomic E-state index is 12.0. The largest absolute Gasteiger partial charge is 0.497 e. The Labute approximate surface area is 164 Å². The third kappa shape index (κ3) is 6.42. The summed E-state index contributed by atoms with van der Waals surface area (Å²) in [5.41, 5.74) is 3.17. The summed E-state index contributed by atoms with van der Waals surface area (Å²) in [4.78, 5) is 35.6. The van der Waals surface area contributed by atoms with Gasteiger partial charge in [-0.3, -0.25) is 14.4 Å². The number of anilines is 2. The van der Waals surface area contributed by atoms with Crippen LogP contribution in [0, 0.1) is 13.8 Å². The van der Waals surface area contributed by atoms with Crippen LogP contribution in [0.3, 0.4) is 0 Å². The molecule has 0 fully saturated rings.